The molecule has 2 aromatic rings. The minimum absolute atomic E-state index is 0.0537. The van der Waals surface area contributed by atoms with Crippen molar-refractivity contribution in [1.29, 1.82) is 0 Å². The highest BCUT2D eigenvalue weighted by Gasteiger charge is 2.27. The van der Waals surface area contributed by atoms with Crippen LogP contribution in [0.15, 0.2) is 53.4 Å². The molecule has 1 N–H and O–H groups in total. The second-order valence-electron chi connectivity index (χ2n) is 6.62. The zero-order valence-corrected chi connectivity index (χ0v) is 16.5. The summed E-state index contributed by atoms with van der Waals surface area (Å²) in [5.74, 6) is 1.07. The molecule has 1 aliphatic heterocycles. The first-order valence-corrected chi connectivity index (χ1v) is 10.4. The second kappa shape index (κ2) is 9.29. The van der Waals surface area contributed by atoms with Crippen LogP contribution in [0.3, 0.4) is 0 Å². The van der Waals surface area contributed by atoms with Crippen molar-refractivity contribution in [1.82, 2.24) is 4.90 Å². The highest BCUT2D eigenvalue weighted by Crippen LogP contribution is 2.25. The van der Waals surface area contributed by atoms with E-state index in [-0.39, 0.29) is 23.4 Å². The van der Waals surface area contributed by atoms with Gasteiger partial charge < -0.3 is 10.0 Å². The quantitative estimate of drug-likeness (QED) is 0.563. The smallest absolute Gasteiger partial charge is 0.223 e. The number of aromatic hydroxyl groups is 1. The van der Waals surface area contributed by atoms with Crippen molar-refractivity contribution in [2.45, 2.75) is 24.2 Å². The van der Waals surface area contributed by atoms with E-state index in [0.717, 1.165) is 10.6 Å². The van der Waals surface area contributed by atoms with Gasteiger partial charge in [-0.25, -0.2) is 0 Å². The highest BCUT2D eigenvalue weighted by molar-refractivity contribution is 7.99. The van der Waals surface area contributed by atoms with Crippen LogP contribution in [0, 0.1) is 5.92 Å². The van der Waals surface area contributed by atoms with E-state index in [4.69, 9.17) is 11.6 Å². The van der Waals surface area contributed by atoms with E-state index in [1.165, 1.54) is 12.1 Å². The zero-order chi connectivity index (χ0) is 19.2. The summed E-state index contributed by atoms with van der Waals surface area (Å²) >= 11 is 7.52. The van der Waals surface area contributed by atoms with Crippen LogP contribution in [-0.4, -0.2) is 40.5 Å². The molecule has 0 saturated carbocycles. The number of Topliss-reactive ketones (excluding diaryl/α,β-unsaturated/α-hetero) is 1. The fourth-order valence-electron chi connectivity index (χ4n) is 3.20. The Morgan fingerprint density at radius 1 is 1.04 bits per heavy atom. The lowest BCUT2D eigenvalue weighted by Crippen LogP contribution is -2.40. The van der Waals surface area contributed by atoms with E-state index in [1.807, 2.05) is 29.2 Å². The van der Waals surface area contributed by atoms with Gasteiger partial charge in [-0.1, -0.05) is 11.6 Å². The average Bonchev–Trinajstić information content (AvgIpc) is 2.69. The van der Waals surface area contributed by atoms with Crippen LogP contribution in [0.4, 0.5) is 0 Å². The number of hydrogen-bond acceptors (Lipinski definition) is 4. The van der Waals surface area contributed by atoms with Crippen LogP contribution in [0.25, 0.3) is 0 Å². The Balaban J connectivity index is 1.42. The van der Waals surface area contributed by atoms with Gasteiger partial charge in [0.1, 0.15) is 5.75 Å². The molecule has 2 aromatic carbocycles. The number of rotatable bonds is 6. The molecule has 4 nitrogen and oxygen atoms in total. The first-order chi connectivity index (χ1) is 13.0. The molecule has 142 valence electrons. The maximum absolute atomic E-state index is 12.5. The molecule has 0 atom stereocenters. The van der Waals surface area contributed by atoms with E-state index in [0.29, 0.717) is 42.9 Å². The number of benzene rings is 2. The highest BCUT2D eigenvalue weighted by atomic mass is 35.5. The minimum atomic E-state index is -0.0537. The van der Waals surface area contributed by atoms with Gasteiger partial charge in [0.2, 0.25) is 5.91 Å². The second-order valence-corrected chi connectivity index (χ2v) is 8.22. The SMILES string of the molecule is O=C(c1ccc(O)cc1)C1CCN(C(=O)CCSc2ccc(Cl)cc2)CC1. The van der Waals surface area contributed by atoms with E-state index in [9.17, 15) is 14.7 Å². The lowest BCUT2D eigenvalue weighted by atomic mass is 9.89. The molecule has 0 bridgehead atoms. The summed E-state index contributed by atoms with van der Waals surface area (Å²) in [4.78, 5) is 27.9. The molecule has 0 spiro atoms. The van der Waals surface area contributed by atoms with Gasteiger partial charge in [-0.3, -0.25) is 9.59 Å². The molecular formula is C21H22ClNO3S. The summed E-state index contributed by atoms with van der Waals surface area (Å²) in [6, 6.07) is 14.0. The van der Waals surface area contributed by atoms with Crippen LogP contribution in [-0.2, 0) is 4.79 Å². The van der Waals surface area contributed by atoms with Crippen LogP contribution in [0.1, 0.15) is 29.6 Å². The van der Waals surface area contributed by atoms with Crippen molar-refractivity contribution < 1.29 is 14.7 Å². The molecular weight excluding hydrogens is 382 g/mol. The number of ketones is 1. The largest absolute Gasteiger partial charge is 0.508 e. The van der Waals surface area contributed by atoms with Gasteiger partial charge in [0.15, 0.2) is 5.78 Å². The number of phenols is 1. The molecule has 0 aromatic heterocycles. The van der Waals surface area contributed by atoms with Crippen molar-refractivity contribution in [2.24, 2.45) is 5.92 Å². The third kappa shape index (κ3) is 5.50. The summed E-state index contributed by atoms with van der Waals surface area (Å²) < 4.78 is 0. The number of halogens is 1. The molecule has 0 radical (unpaired) electrons. The average molecular weight is 404 g/mol. The number of thioether (sulfide) groups is 1. The lowest BCUT2D eigenvalue weighted by molar-refractivity contribution is -0.131. The number of nitrogens with zero attached hydrogens (tertiary/aromatic N) is 1. The molecule has 0 unspecified atom stereocenters. The molecule has 1 aliphatic rings. The Hall–Kier alpha value is -1.98. The van der Waals surface area contributed by atoms with Crippen molar-refractivity contribution in [3.63, 3.8) is 0 Å². The first kappa shape index (κ1) is 19.8. The summed E-state index contributed by atoms with van der Waals surface area (Å²) in [6.07, 6.45) is 1.87. The van der Waals surface area contributed by atoms with E-state index < -0.39 is 0 Å². The van der Waals surface area contributed by atoms with Crippen LogP contribution < -0.4 is 0 Å². The Morgan fingerprint density at radius 3 is 2.30 bits per heavy atom. The number of piperidine rings is 1. The van der Waals surface area contributed by atoms with Crippen LogP contribution in [0.2, 0.25) is 5.02 Å². The van der Waals surface area contributed by atoms with Gasteiger partial charge >= 0.3 is 0 Å². The van der Waals surface area contributed by atoms with Gasteiger partial charge in [-0.15, -0.1) is 11.8 Å². The Labute approximate surface area is 168 Å². The Morgan fingerprint density at radius 2 is 1.67 bits per heavy atom. The normalized spacial score (nSPS) is 14.9. The molecule has 1 fully saturated rings. The van der Waals surface area contributed by atoms with E-state index in [1.54, 1.807) is 23.9 Å². The third-order valence-corrected chi connectivity index (χ3v) is 6.03. The van der Waals surface area contributed by atoms with Crippen LogP contribution in [0.5, 0.6) is 5.75 Å². The summed E-state index contributed by atoms with van der Waals surface area (Å²) in [6.45, 7) is 1.25. The van der Waals surface area contributed by atoms with Gasteiger partial charge in [-0.2, -0.15) is 0 Å². The molecule has 3 rings (SSSR count). The first-order valence-electron chi connectivity index (χ1n) is 9.02. The summed E-state index contributed by atoms with van der Waals surface area (Å²) in [7, 11) is 0. The fourth-order valence-corrected chi connectivity index (χ4v) is 4.16. The monoisotopic (exact) mass is 403 g/mol. The third-order valence-electron chi connectivity index (χ3n) is 4.77. The zero-order valence-electron chi connectivity index (χ0n) is 14.9. The lowest BCUT2D eigenvalue weighted by Gasteiger charge is -2.31. The number of amides is 1. The summed E-state index contributed by atoms with van der Waals surface area (Å²) in [5, 5.41) is 10.0. The number of carbonyl (C=O) groups excluding carboxylic acids is 2. The van der Waals surface area contributed by atoms with E-state index in [2.05, 4.69) is 0 Å². The molecule has 0 aliphatic carbocycles. The Bertz CT molecular complexity index is 784. The Kier molecular flexibility index (Phi) is 6.80. The molecule has 1 amide bonds. The predicted octanol–water partition coefficient (Wildman–Crippen LogP) is 4.65. The van der Waals surface area contributed by atoms with E-state index >= 15 is 0 Å². The van der Waals surface area contributed by atoms with Crippen LogP contribution >= 0.6 is 23.4 Å². The predicted molar refractivity (Wildman–Crippen MR) is 109 cm³/mol. The number of hydrogen-bond donors (Lipinski definition) is 1. The van der Waals surface area contributed by atoms with Gasteiger partial charge in [0, 0.05) is 46.7 Å². The fraction of sp³-hybridized carbons (Fsp3) is 0.333. The van der Waals surface area contributed by atoms with Crippen molar-refractivity contribution in [3.8, 4) is 5.75 Å². The maximum Gasteiger partial charge on any atom is 0.223 e. The number of phenolic OH excluding ortho intramolecular Hbond substituents is 1. The number of carbonyl (C=O) groups is 2. The van der Waals surface area contributed by atoms with Gasteiger partial charge in [-0.05, 0) is 61.4 Å². The van der Waals surface area contributed by atoms with Crippen molar-refractivity contribution in [3.05, 3.63) is 59.1 Å². The molecule has 27 heavy (non-hydrogen) atoms. The molecule has 6 heteroatoms. The maximum atomic E-state index is 12.5. The topological polar surface area (TPSA) is 57.6 Å². The minimum Gasteiger partial charge on any atom is -0.508 e. The van der Waals surface area contributed by atoms with Gasteiger partial charge in [0.05, 0.1) is 0 Å². The van der Waals surface area contributed by atoms with Gasteiger partial charge in [0.25, 0.3) is 0 Å². The van der Waals surface area contributed by atoms with Crippen molar-refractivity contribution >= 4 is 35.1 Å². The van der Waals surface area contributed by atoms with Crippen molar-refractivity contribution in [2.75, 3.05) is 18.8 Å². The number of likely N-dealkylation sites (tertiary alicyclic amines) is 1. The molecule has 1 saturated heterocycles. The standard InChI is InChI=1S/C21H22ClNO3S/c22-17-3-7-19(8-4-17)27-14-11-20(25)23-12-9-16(10-13-23)21(26)15-1-5-18(24)6-2-15/h1-8,16,24H,9-14H2. The summed E-state index contributed by atoms with van der Waals surface area (Å²) in [5.41, 5.74) is 0.622. The molecule has 1 heterocycles.